The van der Waals surface area contributed by atoms with Crippen LogP contribution in [0.25, 0.3) is 0 Å². The molecule has 1 aromatic rings. The van der Waals surface area contributed by atoms with Crippen LogP contribution in [0.3, 0.4) is 0 Å². The fraction of sp³-hybridized carbons (Fsp3) is 0.706. The summed E-state index contributed by atoms with van der Waals surface area (Å²) in [6, 6.07) is 2.03. The molecule has 2 rings (SSSR count). The molecule has 5 heteroatoms. The first-order valence-corrected chi connectivity index (χ1v) is 8.39. The van der Waals surface area contributed by atoms with Gasteiger partial charge in [-0.1, -0.05) is 20.8 Å². The fourth-order valence-electron chi connectivity index (χ4n) is 2.79. The van der Waals surface area contributed by atoms with Gasteiger partial charge in [-0.25, -0.2) is 9.97 Å². The molecule has 0 radical (unpaired) electrons. The highest BCUT2D eigenvalue weighted by Crippen LogP contribution is 2.23. The molecule has 2 heterocycles. The van der Waals surface area contributed by atoms with Gasteiger partial charge in [0.05, 0.1) is 5.92 Å². The van der Waals surface area contributed by atoms with E-state index < -0.39 is 0 Å². The lowest BCUT2D eigenvalue weighted by molar-refractivity contribution is -0.125. The van der Waals surface area contributed by atoms with Gasteiger partial charge >= 0.3 is 0 Å². The Kier molecular flexibility index (Phi) is 5.75. The molecular formula is C17H28N4O. The first kappa shape index (κ1) is 16.7. The molecule has 122 valence electrons. The van der Waals surface area contributed by atoms with E-state index in [2.05, 4.69) is 36.0 Å². The molecule has 1 amide bonds. The van der Waals surface area contributed by atoms with Crippen molar-refractivity contribution in [2.45, 2.75) is 52.9 Å². The number of aryl methyl sites for hydroxylation is 1. The van der Waals surface area contributed by atoms with E-state index in [1.165, 1.54) is 0 Å². The molecule has 0 spiro atoms. The number of nitrogens with zero attached hydrogens (tertiary/aromatic N) is 3. The van der Waals surface area contributed by atoms with E-state index in [0.29, 0.717) is 5.92 Å². The van der Waals surface area contributed by atoms with Gasteiger partial charge in [0.25, 0.3) is 0 Å². The molecule has 1 atom stereocenters. The summed E-state index contributed by atoms with van der Waals surface area (Å²) in [5.74, 6) is 2.41. The molecular weight excluding hydrogens is 276 g/mol. The van der Waals surface area contributed by atoms with E-state index in [4.69, 9.17) is 4.98 Å². The Hall–Kier alpha value is -1.65. The lowest BCUT2D eigenvalue weighted by atomic mass is 9.97. The quantitative estimate of drug-likeness (QED) is 0.908. The van der Waals surface area contributed by atoms with Gasteiger partial charge in [0.2, 0.25) is 5.91 Å². The van der Waals surface area contributed by atoms with Crippen LogP contribution >= 0.6 is 0 Å². The van der Waals surface area contributed by atoms with Crippen LogP contribution in [-0.4, -0.2) is 35.5 Å². The van der Waals surface area contributed by atoms with E-state index in [-0.39, 0.29) is 11.8 Å². The van der Waals surface area contributed by atoms with E-state index in [9.17, 15) is 4.79 Å². The zero-order valence-corrected chi connectivity index (χ0v) is 14.2. The fourth-order valence-corrected chi connectivity index (χ4v) is 2.79. The van der Waals surface area contributed by atoms with Crippen LogP contribution < -0.4 is 10.2 Å². The Morgan fingerprint density at radius 3 is 2.91 bits per heavy atom. The van der Waals surface area contributed by atoms with Crippen molar-refractivity contribution in [1.29, 1.82) is 0 Å². The number of aromatic nitrogens is 2. The Morgan fingerprint density at radius 2 is 2.23 bits per heavy atom. The maximum absolute atomic E-state index is 12.2. The monoisotopic (exact) mass is 304 g/mol. The van der Waals surface area contributed by atoms with Crippen molar-refractivity contribution in [3.8, 4) is 0 Å². The zero-order chi connectivity index (χ0) is 16.1. The van der Waals surface area contributed by atoms with Crippen molar-refractivity contribution in [2.24, 2.45) is 5.92 Å². The average molecular weight is 304 g/mol. The third-order valence-electron chi connectivity index (χ3n) is 4.04. The molecule has 1 N–H and O–H groups in total. The molecule has 22 heavy (non-hydrogen) atoms. The molecule has 1 aliphatic heterocycles. The summed E-state index contributed by atoms with van der Waals surface area (Å²) in [4.78, 5) is 23.6. The summed E-state index contributed by atoms with van der Waals surface area (Å²) in [7, 11) is 0. The topological polar surface area (TPSA) is 58.1 Å². The molecule has 0 saturated carbocycles. The summed E-state index contributed by atoms with van der Waals surface area (Å²) in [5.41, 5.74) is 0.992. The second-order valence-electron chi connectivity index (χ2n) is 6.46. The molecule has 0 aromatic carbocycles. The Balaban J connectivity index is 2.10. The first-order valence-electron chi connectivity index (χ1n) is 8.39. The van der Waals surface area contributed by atoms with Gasteiger partial charge in [-0.2, -0.15) is 0 Å². The Labute approximate surface area is 133 Å². The zero-order valence-electron chi connectivity index (χ0n) is 14.2. The second kappa shape index (κ2) is 7.56. The maximum atomic E-state index is 12.2. The molecule has 0 bridgehead atoms. The molecule has 0 aliphatic carbocycles. The SMILES string of the molecule is CCCNC(=O)C1CCCN(c2cc(C)nc(C(C)C)n2)C1. The molecule has 1 aromatic heterocycles. The summed E-state index contributed by atoms with van der Waals surface area (Å²) in [6.45, 7) is 10.8. The van der Waals surface area contributed by atoms with Crippen molar-refractivity contribution >= 4 is 11.7 Å². The molecule has 1 saturated heterocycles. The summed E-state index contributed by atoms with van der Waals surface area (Å²) < 4.78 is 0. The minimum atomic E-state index is 0.0677. The Bertz CT molecular complexity index is 515. The molecule has 5 nitrogen and oxygen atoms in total. The molecule has 1 unspecified atom stereocenters. The number of nitrogens with one attached hydrogen (secondary N) is 1. The smallest absolute Gasteiger partial charge is 0.224 e. The lowest BCUT2D eigenvalue weighted by Gasteiger charge is -2.33. The Morgan fingerprint density at radius 1 is 1.45 bits per heavy atom. The number of carbonyl (C=O) groups is 1. The van der Waals surface area contributed by atoms with Crippen LogP contribution in [0.15, 0.2) is 6.07 Å². The van der Waals surface area contributed by atoms with E-state index in [0.717, 1.165) is 56.2 Å². The number of rotatable bonds is 5. The average Bonchev–Trinajstić information content (AvgIpc) is 2.52. The van der Waals surface area contributed by atoms with Crippen molar-refractivity contribution in [2.75, 3.05) is 24.5 Å². The third-order valence-corrected chi connectivity index (χ3v) is 4.04. The predicted molar refractivity (Wildman–Crippen MR) is 89.1 cm³/mol. The minimum Gasteiger partial charge on any atom is -0.356 e. The van der Waals surface area contributed by atoms with Crippen molar-refractivity contribution < 1.29 is 4.79 Å². The maximum Gasteiger partial charge on any atom is 0.224 e. The number of hydrogen-bond acceptors (Lipinski definition) is 4. The summed E-state index contributed by atoms with van der Waals surface area (Å²) in [5, 5.41) is 3.02. The second-order valence-corrected chi connectivity index (χ2v) is 6.46. The normalized spacial score (nSPS) is 18.6. The first-order chi connectivity index (χ1) is 10.5. The summed E-state index contributed by atoms with van der Waals surface area (Å²) >= 11 is 0. The van der Waals surface area contributed by atoms with Gasteiger partial charge in [0.15, 0.2) is 0 Å². The molecule has 1 aliphatic rings. The summed E-state index contributed by atoms with van der Waals surface area (Å²) in [6.07, 6.45) is 2.97. The highest BCUT2D eigenvalue weighted by atomic mass is 16.1. The minimum absolute atomic E-state index is 0.0677. The van der Waals surface area contributed by atoms with Crippen LogP contribution in [0.4, 0.5) is 5.82 Å². The highest BCUT2D eigenvalue weighted by Gasteiger charge is 2.26. The number of hydrogen-bond donors (Lipinski definition) is 1. The van der Waals surface area contributed by atoms with Gasteiger partial charge in [-0.15, -0.1) is 0 Å². The number of carbonyl (C=O) groups excluding carboxylic acids is 1. The van der Waals surface area contributed by atoms with Crippen LogP contribution in [0.1, 0.15) is 57.5 Å². The van der Waals surface area contributed by atoms with Gasteiger partial charge < -0.3 is 10.2 Å². The largest absolute Gasteiger partial charge is 0.356 e. The van der Waals surface area contributed by atoms with E-state index in [1.54, 1.807) is 0 Å². The number of amides is 1. The van der Waals surface area contributed by atoms with Crippen LogP contribution in [0.2, 0.25) is 0 Å². The predicted octanol–water partition coefficient (Wildman–Crippen LogP) is 2.65. The lowest BCUT2D eigenvalue weighted by Crippen LogP contribution is -2.43. The highest BCUT2D eigenvalue weighted by molar-refractivity contribution is 5.79. The van der Waals surface area contributed by atoms with Crippen molar-refractivity contribution in [1.82, 2.24) is 15.3 Å². The van der Waals surface area contributed by atoms with E-state index in [1.807, 2.05) is 13.0 Å². The standard InChI is InChI=1S/C17H28N4O/c1-5-8-18-17(22)14-7-6-9-21(11-14)15-10-13(4)19-16(20-15)12(2)3/h10,12,14H,5-9,11H2,1-4H3,(H,18,22). The van der Waals surface area contributed by atoms with Crippen molar-refractivity contribution in [3.05, 3.63) is 17.6 Å². The van der Waals surface area contributed by atoms with Crippen LogP contribution in [0.5, 0.6) is 0 Å². The van der Waals surface area contributed by atoms with Gasteiger partial charge in [-0.05, 0) is 26.2 Å². The number of piperidine rings is 1. The van der Waals surface area contributed by atoms with Gasteiger partial charge in [0.1, 0.15) is 11.6 Å². The van der Waals surface area contributed by atoms with Gasteiger partial charge in [-0.3, -0.25) is 4.79 Å². The van der Waals surface area contributed by atoms with Gasteiger partial charge in [0, 0.05) is 37.3 Å². The van der Waals surface area contributed by atoms with Crippen molar-refractivity contribution in [3.63, 3.8) is 0 Å². The number of anilines is 1. The molecule has 1 fully saturated rings. The van der Waals surface area contributed by atoms with Crippen LogP contribution in [0, 0.1) is 12.8 Å². The van der Waals surface area contributed by atoms with Crippen LogP contribution in [-0.2, 0) is 4.79 Å². The van der Waals surface area contributed by atoms with E-state index >= 15 is 0 Å². The third kappa shape index (κ3) is 4.18.